The van der Waals surface area contributed by atoms with Crippen LogP contribution in [0.4, 0.5) is 0 Å². The van der Waals surface area contributed by atoms with E-state index in [-0.39, 0.29) is 0 Å². The van der Waals surface area contributed by atoms with Crippen molar-refractivity contribution in [2.45, 2.75) is 6.61 Å². The van der Waals surface area contributed by atoms with Crippen LogP contribution in [0.15, 0.2) is 18.2 Å². The summed E-state index contributed by atoms with van der Waals surface area (Å²) in [7, 11) is 3.17. The second-order valence-electron chi connectivity index (χ2n) is 2.62. The summed E-state index contributed by atoms with van der Waals surface area (Å²) in [5.41, 5.74) is 0.936. The van der Waals surface area contributed by atoms with Gasteiger partial charge < -0.3 is 14.2 Å². The van der Waals surface area contributed by atoms with E-state index in [2.05, 4.69) is 0 Å². The summed E-state index contributed by atoms with van der Waals surface area (Å²) in [5, 5.41) is 6.73. The Labute approximate surface area is 82.9 Å². The van der Waals surface area contributed by atoms with Crippen LogP contribution in [0.1, 0.15) is 5.56 Å². The first kappa shape index (κ1) is 10.4. The summed E-state index contributed by atoms with van der Waals surface area (Å²) in [6, 6.07) is 5.49. The average Bonchev–Trinajstić information content (AvgIpc) is 2.25. The van der Waals surface area contributed by atoms with Crippen LogP contribution in [-0.2, 0) is 11.3 Å². The van der Waals surface area contributed by atoms with E-state index in [4.69, 9.17) is 19.6 Å². The molecular weight excluding hydrogens is 182 g/mol. The minimum absolute atomic E-state index is 0.365. The number of ether oxygens (including phenoxy) is 3. The Hall–Kier alpha value is -1.71. The number of methoxy groups -OCH3 is 2. The van der Waals surface area contributed by atoms with Gasteiger partial charge in [-0.05, 0) is 17.7 Å². The number of nitrogens with one attached hydrogen (secondary N) is 1. The largest absolute Gasteiger partial charge is 0.493 e. The summed E-state index contributed by atoms with van der Waals surface area (Å²) < 4.78 is 15.0. The molecule has 0 saturated heterocycles. The van der Waals surface area contributed by atoms with Crippen molar-refractivity contribution in [3.05, 3.63) is 23.8 Å². The lowest BCUT2D eigenvalue weighted by Gasteiger charge is -2.08. The third-order valence-corrected chi connectivity index (χ3v) is 1.78. The molecule has 0 atom stereocenters. The molecule has 14 heavy (non-hydrogen) atoms. The van der Waals surface area contributed by atoms with Crippen LogP contribution in [0.25, 0.3) is 0 Å². The van der Waals surface area contributed by atoms with E-state index in [0.717, 1.165) is 12.0 Å². The lowest BCUT2D eigenvalue weighted by Crippen LogP contribution is -1.94. The van der Waals surface area contributed by atoms with Gasteiger partial charge in [0.15, 0.2) is 17.9 Å². The van der Waals surface area contributed by atoms with Crippen molar-refractivity contribution in [1.29, 1.82) is 5.41 Å². The van der Waals surface area contributed by atoms with Gasteiger partial charge in [-0.15, -0.1) is 0 Å². The fourth-order valence-corrected chi connectivity index (χ4v) is 1.11. The summed E-state index contributed by atoms with van der Waals surface area (Å²) in [6.07, 6.45) is 0.913. The zero-order valence-corrected chi connectivity index (χ0v) is 8.24. The Kier molecular flexibility index (Phi) is 3.79. The zero-order valence-electron chi connectivity index (χ0n) is 8.24. The van der Waals surface area contributed by atoms with Gasteiger partial charge in [0.1, 0.15) is 6.61 Å². The summed E-state index contributed by atoms with van der Waals surface area (Å²) in [4.78, 5) is 0. The Morgan fingerprint density at radius 2 is 1.93 bits per heavy atom. The van der Waals surface area contributed by atoms with Crippen LogP contribution in [0, 0.1) is 5.41 Å². The zero-order chi connectivity index (χ0) is 10.4. The molecule has 1 rings (SSSR count). The second kappa shape index (κ2) is 5.11. The highest BCUT2D eigenvalue weighted by Gasteiger charge is 2.03. The topological polar surface area (TPSA) is 51.5 Å². The number of rotatable bonds is 5. The first-order chi connectivity index (χ1) is 6.81. The Morgan fingerprint density at radius 3 is 2.50 bits per heavy atom. The molecule has 0 aliphatic heterocycles. The summed E-state index contributed by atoms with van der Waals surface area (Å²) in [5.74, 6) is 1.35. The van der Waals surface area contributed by atoms with E-state index >= 15 is 0 Å². The molecule has 1 aromatic rings. The maximum absolute atomic E-state index is 6.73. The maximum atomic E-state index is 6.73. The third-order valence-electron chi connectivity index (χ3n) is 1.78. The molecule has 4 nitrogen and oxygen atoms in total. The van der Waals surface area contributed by atoms with Crippen molar-refractivity contribution in [2.24, 2.45) is 0 Å². The molecule has 1 aromatic carbocycles. The fourth-order valence-electron chi connectivity index (χ4n) is 1.11. The van der Waals surface area contributed by atoms with Crippen LogP contribution in [0.2, 0.25) is 0 Å². The van der Waals surface area contributed by atoms with E-state index in [1.165, 1.54) is 0 Å². The van der Waals surface area contributed by atoms with Crippen molar-refractivity contribution >= 4 is 6.40 Å². The normalized spacial score (nSPS) is 9.29. The lowest BCUT2D eigenvalue weighted by molar-refractivity contribution is 0.303. The van der Waals surface area contributed by atoms with E-state index < -0.39 is 0 Å². The Balaban J connectivity index is 2.83. The predicted molar refractivity (Wildman–Crippen MR) is 53.1 cm³/mol. The molecule has 0 saturated carbocycles. The van der Waals surface area contributed by atoms with Gasteiger partial charge in [0.05, 0.1) is 14.2 Å². The molecule has 0 fully saturated rings. The van der Waals surface area contributed by atoms with Gasteiger partial charge in [-0.1, -0.05) is 6.07 Å². The highest BCUT2D eigenvalue weighted by atomic mass is 16.5. The first-order valence-electron chi connectivity index (χ1n) is 4.13. The maximum Gasteiger partial charge on any atom is 0.167 e. The number of hydrogen-bond acceptors (Lipinski definition) is 4. The van der Waals surface area contributed by atoms with Gasteiger partial charge >= 0.3 is 0 Å². The van der Waals surface area contributed by atoms with Gasteiger partial charge in [0, 0.05) is 0 Å². The average molecular weight is 195 g/mol. The van der Waals surface area contributed by atoms with Crippen LogP contribution in [-0.4, -0.2) is 20.6 Å². The molecule has 0 bridgehead atoms. The molecule has 0 aromatic heterocycles. The first-order valence-corrected chi connectivity index (χ1v) is 4.13. The molecule has 0 radical (unpaired) electrons. The third kappa shape index (κ3) is 2.39. The molecule has 0 spiro atoms. The van der Waals surface area contributed by atoms with E-state index in [0.29, 0.717) is 18.1 Å². The second-order valence-corrected chi connectivity index (χ2v) is 2.62. The van der Waals surface area contributed by atoms with Gasteiger partial charge in [-0.3, -0.25) is 5.41 Å². The smallest absolute Gasteiger partial charge is 0.167 e. The standard InChI is InChI=1S/C10H13NO3/c1-12-9-4-3-8(6-14-7-11)5-10(9)13-2/h3-5,7,11H,6H2,1-2H3. The van der Waals surface area contributed by atoms with Gasteiger partial charge in [0.2, 0.25) is 0 Å². The summed E-state index contributed by atoms with van der Waals surface area (Å²) in [6.45, 7) is 0.365. The highest BCUT2D eigenvalue weighted by molar-refractivity contribution is 5.44. The number of hydrogen-bond donors (Lipinski definition) is 1. The molecule has 4 heteroatoms. The molecule has 0 unspecified atom stereocenters. The van der Waals surface area contributed by atoms with Crippen LogP contribution < -0.4 is 9.47 Å². The minimum atomic E-state index is 0.365. The molecule has 0 heterocycles. The predicted octanol–water partition coefficient (Wildman–Crippen LogP) is 1.83. The van der Waals surface area contributed by atoms with Crippen LogP contribution >= 0.6 is 0 Å². The van der Waals surface area contributed by atoms with Gasteiger partial charge in [-0.25, -0.2) is 0 Å². The van der Waals surface area contributed by atoms with Gasteiger partial charge in [0.25, 0.3) is 0 Å². The summed E-state index contributed by atoms with van der Waals surface area (Å²) >= 11 is 0. The SMILES string of the molecule is COc1ccc(COC=N)cc1OC. The monoisotopic (exact) mass is 195 g/mol. The lowest BCUT2D eigenvalue weighted by atomic mass is 10.2. The fraction of sp³-hybridized carbons (Fsp3) is 0.300. The molecule has 0 amide bonds. The molecular formula is C10H13NO3. The highest BCUT2D eigenvalue weighted by Crippen LogP contribution is 2.27. The number of benzene rings is 1. The Morgan fingerprint density at radius 1 is 1.21 bits per heavy atom. The molecule has 1 N–H and O–H groups in total. The van der Waals surface area contributed by atoms with Crippen molar-refractivity contribution in [3.63, 3.8) is 0 Å². The van der Waals surface area contributed by atoms with Crippen LogP contribution in [0.5, 0.6) is 11.5 Å². The van der Waals surface area contributed by atoms with Crippen molar-refractivity contribution in [3.8, 4) is 11.5 Å². The van der Waals surface area contributed by atoms with Gasteiger partial charge in [-0.2, -0.15) is 0 Å². The van der Waals surface area contributed by atoms with E-state index in [1.54, 1.807) is 14.2 Å². The molecule has 0 aliphatic carbocycles. The quantitative estimate of drug-likeness (QED) is 0.576. The van der Waals surface area contributed by atoms with Crippen molar-refractivity contribution in [2.75, 3.05) is 14.2 Å². The van der Waals surface area contributed by atoms with Crippen LogP contribution in [0.3, 0.4) is 0 Å². The molecule has 76 valence electrons. The molecule has 0 aliphatic rings. The Bertz CT molecular complexity index is 312. The van der Waals surface area contributed by atoms with Crippen molar-refractivity contribution in [1.82, 2.24) is 0 Å². The van der Waals surface area contributed by atoms with E-state index in [9.17, 15) is 0 Å². The van der Waals surface area contributed by atoms with E-state index in [1.807, 2.05) is 18.2 Å². The van der Waals surface area contributed by atoms with Crippen molar-refractivity contribution < 1.29 is 14.2 Å². The minimum Gasteiger partial charge on any atom is -0.493 e.